The molecule has 3 rings (SSSR count). The van der Waals surface area contributed by atoms with Crippen LogP contribution in [0.5, 0.6) is 5.75 Å². The molecule has 0 fully saturated rings. The SMILES string of the molecule is COc1ccc(NC(=O)CN(C)Cc2nnc(-c3cccc(C)c3)o2)cc1. The third kappa shape index (κ3) is 5.15. The van der Waals surface area contributed by atoms with E-state index in [1.807, 2.05) is 43.1 Å². The number of benzene rings is 2. The molecule has 0 atom stereocenters. The van der Waals surface area contributed by atoms with Crippen LogP contribution in [0, 0.1) is 6.92 Å². The maximum atomic E-state index is 12.2. The predicted octanol–water partition coefficient (Wildman–Crippen LogP) is 3.12. The van der Waals surface area contributed by atoms with E-state index in [4.69, 9.17) is 9.15 Å². The lowest BCUT2D eigenvalue weighted by Crippen LogP contribution is -2.29. The Bertz CT molecular complexity index is 906. The molecular formula is C20H22N4O3. The lowest BCUT2D eigenvalue weighted by atomic mass is 10.1. The van der Waals surface area contributed by atoms with Gasteiger partial charge in [0, 0.05) is 11.3 Å². The van der Waals surface area contributed by atoms with Gasteiger partial charge in [-0.2, -0.15) is 0 Å². The van der Waals surface area contributed by atoms with Crippen LogP contribution in [-0.4, -0.2) is 41.7 Å². The molecule has 1 heterocycles. The van der Waals surface area contributed by atoms with E-state index in [-0.39, 0.29) is 12.5 Å². The minimum atomic E-state index is -0.124. The lowest BCUT2D eigenvalue weighted by Gasteiger charge is -2.14. The second-order valence-electron chi connectivity index (χ2n) is 6.32. The molecule has 0 aliphatic heterocycles. The number of aryl methyl sites for hydroxylation is 1. The number of carbonyl (C=O) groups excluding carboxylic acids is 1. The van der Waals surface area contributed by atoms with Crippen molar-refractivity contribution in [1.29, 1.82) is 0 Å². The molecule has 1 amide bonds. The number of hydrogen-bond donors (Lipinski definition) is 1. The Labute approximate surface area is 158 Å². The van der Waals surface area contributed by atoms with Crippen molar-refractivity contribution < 1.29 is 13.9 Å². The van der Waals surface area contributed by atoms with E-state index >= 15 is 0 Å². The van der Waals surface area contributed by atoms with E-state index in [0.29, 0.717) is 24.0 Å². The molecule has 0 radical (unpaired) electrons. The van der Waals surface area contributed by atoms with Crippen LogP contribution in [0.15, 0.2) is 52.9 Å². The summed E-state index contributed by atoms with van der Waals surface area (Å²) in [6.45, 7) is 2.60. The van der Waals surface area contributed by atoms with Gasteiger partial charge >= 0.3 is 0 Å². The lowest BCUT2D eigenvalue weighted by molar-refractivity contribution is -0.117. The van der Waals surface area contributed by atoms with E-state index in [2.05, 4.69) is 15.5 Å². The summed E-state index contributed by atoms with van der Waals surface area (Å²) in [6.07, 6.45) is 0. The highest BCUT2D eigenvalue weighted by Gasteiger charge is 2.13. The molecule has 1 aromatic heterocycles. The summed E-state index contributed by atoms with van der Waals surface area (Å²) in [7, 11) is 3.43. The number of anilines is 1. The standard InChI is InChI=1S/C20H22N4O3/c1-14-5-4-6-15(11-14)20-23-22-19(27-20)13-24(2)12-18(25)21-16-7-9-17(26-3)10-8-16/h4-11H,12-13H2,1-3H3,(H,21,25). The second-order valence-corrected chi connectivity index (χ2v) is 6.32. The minimum absolute atomic E-state index is 0.124. The van der Waals surface area contributed by atoms with Gasteiger partial charge in [-0.05, 0) is 50.4 Å². The minimum Gasteiger partial charge on any atom is -0.497 e. The van der Waals surface area contributed by atoms with Crippen LogP contribution in [-0.2, 0) is 11.3 Å². The van der Waals surface area contributed by atoms with Crippen LogP contribution in [0.1, 0.15) is 11.5 Å². The molecule has 0 unspecified atom stereocenters. The summed E-state index contributed by atoms with van der Waals surface area (Å²) < 4.78 is 10.8. The molecule has 0 saturated carbocycles. The van der Waals surface area contributed by atoms with E-state index in [9.17, 15) is 4.79 Å². The number of ether oxygens (including phenoxy) is 1. The first-order valence-electron chi connectivity index (χ1n) is 8.55. The van der Waals surface area contributed by atoms with Crippen LogP contribution in [0.4, 0.5) is 5.69 Å². The summed E-state index contributed by atoms with van der Waals surface area (Å²) in [4.78, 5) is 14.0. The van der Waals surface area contributed by atoms with Gasteiger partial charge in [0.2, 0.25) is 17.7 Å². The van der Waals surface area contributed by atoms with Gasteiger partial charge in [0.15, 0.2) is 0 Å². The fraction of sp³-hybridized carbons (Fsp3) is 0.250. The smallest absolute Gasteiger partial charge is 0.247 e. The Morgan fingerprint density at radius 1 is 1.19 bits per heavy atom. The fourth-order valence-electron chi connectivity index (χ4n) is 2.62. The van der Waals surface area contributed by atoms with Crippen molar-refractivity contribution in [2.75, 3.05) is 26.0 Å². The molecule has 0 bridgehead atoms. The Morgan fingerprint density at radius 2 is 1.96 bits per heavy atom. The normalized spacial score (nSPS) is 10.8. The number of nitrogens with one attached hydrogen (secondary N) is 1. The van der Waals surface area contributed by atoms with Crippen LogP contribution in [0.3, 0.4) is 0 Å². The molecule has 0 spiro atoms. The van der Waals surface area contributed by atoms with Crippen molar-refractivity contribution >= 4 is 11.6 Å². The largest absolute Gasteiger partial charge is 0.497 e. The van der Waals surface area contributed by atoms with Crippen molar-refractivity contribution in [3.63, 3.8) is 0 Å². The van der Waals surface area contributed by atoms with Crippen LogP contribution in [0.2, 0.25) is 0 Å². The van der Waals surface area contributed by atoms with E-state index < -0.39 is 0 Å². The fourth-order valence-corrected chi connectivity index (χ4v) is 2.62. The summed E-state index contributed by atoms with van der Waals surface area (Å²) in [5.74, 6) is 1.56. The molecule has 27 heavy (non-hydrogen) atoms. The number of rotatable bonds is 7. The van der Waals surface area contributed by atoms with Crippen molar-refractivity contribution in [2.45, 2.75) is 13.5 Å². The zero-order valence-corrected chi connectivity index (χ0v) is 15.6. The van der Waals surface area contributed by atoms with Gasteiger partial charge in [-0.15, -0.1) is 10.2 Å². The highest BCUT2D eigenvalue weighted by molar-refractivity contribution is 5.92. The molecule has 0 aliphatic rings. The van der Waals surface area contributed by atoms with Gasteiger partial charge in [-0.1, -0.05) is 17.7 Å². The maximum Gasteiger partial charge on any atom is 0.247 e. The number of nitrogens with zero attached hydrogens (tertiary/aromatic N) is 3. The van der Waals surface area contributed by atoms with Gasteiger partial charge in [0.25, 0.3) is 0 Å². The third-order valence-electron chi connectivity index (χ3n) is 3.92. The van der Waals surface area contributed by atoms with Gasteiger partial charge in [-0.3, -0.25) is 9.69 Å². The predicted molar refractivity (Wildman–Crippen MR) is 102 cm³/mol. The highest BCUT2D eigenvalue weighted by atomic mass is 16.5. The number of amides is 1. The van der Waals surface area contributed by atoms with Crippen molar-refractivity contribution in [3.05, 3.63) is 60.0 Å². The van der Waals surface area contributed by atoms with Crippen LogP contribution < -0.4 is 10.1 Å². The second kappa shape index (κ2) is 8.46. The molecule has 2 aromatic carbocycles. The Morgan fingerprint density at radius 3 is 2.67 bits per heavy atom. The van der Waals surface area contributed by atoms with Gasteiger partial charge in [0.1, 0.15) is 5.75 Å². The number of aromatic nitrogens is 2. The summed E-state index contributed by atoms with van der Waals surface area (Å²) in [5.41, 5.74) is 2.72. The maximum absolute atomic E-state index is 12.2. The monoisotopic (exact) mass is 366 g/mol. The molecular weight excluding hydrogens is 344 g/mol. The number of likely N-dealkylation sites (N-methyl/N-ethyl adjacent to an activating group) is 1. The summed E-state index contributed by atoms with van der Waals surface area (Å²) >= 11 is 0. The molecule has 1 N–H and O–H groups in total. The molecule has 140 valence electrons. The van der Waals surface area contributed by atoms with E-state index in [0.717, 1.165) is 16.9 Å². The Balaban J connectivity index is 1.54. The van der Waals surface area contributed by atoms with E-state index in [1.54, 1.807) is 31.4 Å². The average molecular weight is 366 g/mol. The summed E-state index contributed by atoms with van der Waals surface area (Å²) in [5, 5.41) is 11.0. The topological polar surface area (TPSA) is 80.5 Å². The quantitative estimate of drug-likeness (QED) is 0.692. The Hall–Kier alpha value is -3.19. The zero-order chi connectivity index (χ0) is 19.2. The molecule has 7 heteroatoms. The molecule has 0 saturated heterocycles. The average Bonchev–Trinajstić information content (AvgIpc) is 3.10. The highest BCUT2D eigenvalue weighted by Crippen LogP contribution is 2.19. The Kier molecular flexibility index (Phi) is 5.83. The zero-order valence-electron chi connectivity index (χ0n) is 15.6. The van der Waals surface area contributed by atoms with E-state index in [1.165, 1.54) is 0 Å². The van der Waals surface area contributed by atoms with Gasteiger partial charge in [-0.25, -0.2) is 0 Å². The number of hydrogen-bond acceptors (Lipinski definition) is 6. The first kappa shape index (κ1) is 18.6. The van der Waals surface area contributed by atoms with Crippen molar-refractivity contribution in [3.8, 4) is 17.2 Å². The first-order valence-corrected chi connectivity index (χ1v) is 8.55. The number of carbonyl (C=O) groups is 1. The molecule has 0 aliphatic carbocycles. The molecule has 7 nitrogen and oxygen atoms in total. The van der Waals surface area contributed by atoms with Crippen molar-refractivity contribution in [1.82, 2.24) is 15.1 Å². The number of methoxy groups -OCH3 is 1. The first-order chi connectivity index (χ1) is 13.0. The van der Waals surface area contributed by atoms with Crippen LogP contribution >= 0.6 is 0 Å². The van der Waals surface area contributed by atoms with Gasteiger partial charge in [0.05, 0.1) is 20.2 Å². The third-order valence-corrected chi connectivity index (χ3v) is 3.92. The molecule has 3 aromatic rings. The van der Waals surface area contributed by atoms with Crippen molar-refractivity contribution in [2.24, 2.45) is 0 Å². The van der Waals surface area contributed by atoms with Crippen LogP contribution in [0.25, 0.3) is 11.5 Å². The summed E-state index contributed by atoms with van der Waals surface area (Å²) in [6, 6.07) is 15.1. The van der Waals surface area contributed by atoms with Gasteiger partial charge < -0.3 is 14.5 Å².